The maximum atomic E-state index is 12.5. The molecule has 0 saturated heterocycles. The Bertz CT molecular complexity index is 924. The first-order chi connectivity index (χ1) is 11.6. The molecule has 0 unspecified atom stereocenters. The predicted molar refractivity (Wildman–Crippen MR) is 93.5 cm³/mol. The summed E-state index contributed by atoms with van der Waals surface area (Å²) in [6, 6.07) is 21.4. The Morgan fingerprint density at radius 1 is 0.833 bits per heavy atom. The molecule has 0 amide bonds. The Hall–Kier alpha value is -2.86. The quantitative estimate of drug-likeness (QED) is 0.771. The number of ether oxygens (including phenoxy) is 1. The zero-order valence-corrected chi connectivity index (χ0v) is 13.8. The van der Waals surface area contributed by atoms with Crippen molar-refractivity contribution >= 4 is 15.8 Å². The van der Waals surface area contributed by atoms with Crippen LogP contribution in [0.25, 0.3) is 11.1 Å². The summed E-state index contributed by atoms with van der Waals surface area (Å²) in [4.78, 5) is 4.23. The average molecular weight is 340 g/mol. The molecule has 1 N–H and O–H groups in total. The SMILES string of the molecule is COc1cccc(NS(=O)(=O)c2ccc(-c3ccccc3)cc2)n1. The van der Waals surface area contributed by atoms with Crippen LogP contribution in [0.5, 0.6) is 5.88 Å². The largest absolute Gasteiger partial charge is 0.481 e. The van der Waals surface area contributed by atoms with Gasteiger partial charge in [0.15, 0.2) is 0 Å². The number of sulfonamides is 1. The van der Waals surface area contributed by atoms with Crippen molar-refractivity contribution in [2.24, 2.45) is 0 Å². The summed E-state index contributed by atoms with van der Waals surface area (Å²) in [7, 11) is -2.23. The summed E-state index contributed by atoms with van der Waals surface area (Å²) < 4.78 is 32.4. The molecule has 24 heavy (non-hydrogen) atoms. The average Bonchev–Trinajstić information content (AvgIpc) is 2.62. The van der Waals surface area contributed by atoms with Crippen LogP contribution in [-0.4, -0.2) is 20.5 Å². The number of aromatic nitrogens is 1. The molecule has 0 spiro atoms. The number of anilines is 1. The summed E-state index contributed by atoms with van der Waals surface area (Å²) in [5, 5.41) is 0. The summed E-state index contributed by atoms with van der Waals surface area (Å²) in [6.45, 7) is 0. The summed E-state index contributed by atoms with van der Waals surface area (Å²) in [6.07, 6.45) is 0. The monoisotopic (exact) mass is 340 g/mol. The smallest absolute Gasteiger partial charge is 0.263 e. The van der Waals surface area contributed by atoms with E-state index in [1.807, 2.05) is 30.3 Å². The summed E-state index contributed by atoms with van der Waals surface area (Å²) >= 11 is 0. The zero-order valence-electron chi connectivity index (χ0n) is 13.0. The Kier molecular flexibility index (Phi) is 4.48. The van der Waals surface area contributed by atoms with Gasteiger partial charge >= 0.3 is 0 Å². The fourth-order valence-electron chi connectivity index (χ4n) is 2.24. The third-order valence-corrected chi connectivity index (χ3v) is 4.81. The first-order valence-electron chi connectivity index (χ1n) is 7.28. The van der Waals surface area contributed by atoms with Gasteiger partial charge in [0.2, 0.25) is 5.88 Å². The van der Waals surface area contributed by atoms with E-state index < -0.39 is 10.0 Å². The van der Waals surface area contributed by atoms with Crippen molar-refractivity contribution in [2.45, 2.75) is 4.90 Å². The number of benzene rings is 2. The van der Waals surface area contributed by atoms with E-state index in [1.54, 1.807) is 42.5 Å². The van der Waals surface area contributed by atoms with Crippen LogP contribution < -0.4 is 9.46 Å². The van der Waals surface area contributed by atoms with Crippen molar-refractivity contribution in [3.63, 3.8) is 0 Å². The lowest BCUT2D eigenvalue weighted by Gasteiger charge is -2.09. The third-order valence-electron chi connectivity index (χ3n) is 3.44. The number of nitrogens with one attached hydrogen (secondary N) is 1. The Balaban J connectivity index is 1.84. The maximum Gasteiger partial charge on any atom is 0.263 e. The molecule has 0 aliphatic heterocycles. The maximum absolute atomic E-state index is 12.5. The van der Waals surface area contributed by atoms with Crippen LogP contribution in [-0.2, 0) is 10.0 Å². The lowest BCUT2D eigenvalue weighted by atomic mass is 10.1. The van der Waals surface area contributed by atoms with Crippen LogP contribution in [0.2, 0.25) is 0 Å². The standard InChI is InChI=1S/C18H16N2O3S/c1-23-18-9-5-8-17(19-18)20-24(21,22)16-12-10-15(11-13-16)14-6-3-2-4-7-14/h2-13H,1H3,(H,19,20). The van der Waals surface area contributed by atoms with E-state index in [9.17, 15) is 8.42 Å². The van der Waals surface area contributed by atoms with E-state index in [0.29, 0.717) is 5.88 Å². The topological polar surface area (TPSA) is 68.3 Å². The second-order valence-electron chi connectivity index (χ2n) is 5.06. The van der Waals surface area contributed by atoms with Crippen molar-refractivity contribution in [3.8, 4) is 17.0 Å². The number of hydrogen-bond acceptors (Lipinski definition) is 4. The number of pyridine rings is 1. The molecule has 0 radical (unpaired) electrons. The molecule has 0 saturated carbocycles. The first kappa shape index (κ1) is 16.0. The zero-order chi connectivity index (χ0) is 17.0. The van der Waals surface area contributed by atoms with Crippen molar-refractivity contribution in [3.05, 3.63) is 72.8 Å². The molecule has 1 aromatic heterocycles. The summed E-state index contributed by atoms with van der Waals surface area (Å²) in [5.74, 6) is 0.552. The fraction of sp³-hybridized carbons (Fsp3) is 0.0556. The fourth-order valence-corrected chi connectivity index (χ4v) is 3.24. The molecular formula is C18H16N2O3S. The molecule has 122 valence electrons. The van der Waals surface area contributed by atoms with Crippen LogP contribution in [0.15, 0.2) is 77.7 Å². The number of rotatable bonds is 5. The van der Waals surface area contributed by atoms with Gasteiger partial charge in [0.05, 0.1) is 12.0 Å². The lowest BCUT2D eigenvalue weighted by Crippen LogP contribution is -2.14. The minimum atomic E-state index is -3.71. The highest BCUT2D eigenvalue weighted by Crippen LogP contribution is 2.22. The van der Waals surface area contributed by atoms with Crippen LogP contribution in [0.4, 0.5) is 5.82 Å². The third kappa shape index (κ3) is 3.55. The first-order valence-corrected chi connectivity index (χ1v) is 8.76. The van der Waals surface area contributed by atoms with E-state index in [1.165, 1.54) is 7.11 Å². The van der Waals surface area contributed by atoms with E-state index in [4.69, 9.17) is 4.74 Å². The van der Waals surface area contributed by atoms with Crippen LogP contribution in [0.3, 0.4) is 0 Å². The van der Waals surface area contributed by atoms with Crippen LogP contribution >= 0.6 is 0 Å². The second kappa shape index (κ2) is 6.72. The van der Waals surface area contributed by atoms with E-state index in [2.05, 4.69) is 9.71 Å². The van der Waals surface area contributed by atoms with Gasteiger partial charge in [0.25, 0.3) is 10.0 Å². The van der Waals surface area contributed by atoms with Gasteiger partial charge in [-0.15, -0.1) is 0 Å². The van der Waals surface area contributed by atoms with Crippen LogP contribution in [0.1, 0.15) is 0 Å². The molecule has 6 heteroatoms. The molecule has 5 nitrogen and oxygen atoms in total. The molecule has 3 rings (SSSR count). The summed E-state index contributed by atoms with van der Waals surface area (Å²) in [5.41, 5.74) is 1.98. The van der Waals surface area contributed by atoms with Gasteiger partial charge in [-0.3, -0.25) is 4.72 Å². The second-order valence-corrected chi connectivity index (χ2v) is 6.74. The minimum Gasteiger partial charge on any atom is -0.481 e. The van der Waals surface area contributed by atoms with E-state index in [-0.39, 0.29) is 10.7 Å². The van der Waals surface area contributed by atoms with Crippen molar-refractivity contribution in [1.29, 1.82) is 0 Å². The van der Waals surface area contributed by atoms with Crippen molar-refractivity contribution in [1.82, 2.24) is 4.98 Å². The van der Waals surface area contributed by atoms with Gasteiger partial charge in [-0.2, -0.15) is 4.98 Å². The minimum absolute atomic E-state index is 0.173. The highest BCUT2D eigenvalue weighted by molar-refractivity contribution is 7.92. The van der Waals surface area contributed by atoms with Crippen LogP contribution in [0, 0.1) is 0 Å². The Labute approximate surface area is 141 Å². The Morgan fingerprint density at radius 2 is 1.50 bits per heavy atom. The molecule has 2 aromatic carbocycles. The molecule has 1 heterocycles. The molecule has 0 fully saturated rings. The van der Waals surface area contributed by atoms with Gasteiger partial charge in [-0.1, -0.05) is 48.5 Å². The van der Waals surface area contributed by atoms with Crippen molar-refractivity contribution in [2.75, 3.05) is 11.8 Å². The molecule has 3 aromatic rings. The van der Waals surface area contributed by atoms with E-state index >= 15 is 0 Å². The van der Waals surface area contributed by atoms with Gasteiger partial charge < -0.3 is 4.74 Å². The highest BCUT2D eigenvalue weighted by atomic mass is 32.2. The Morgan fingerprint density at radius 3 is 2.17 bits per heavy atom. The molecule has 0 bridgehead atoms. The molecule has 0 aliphatic rings. The van der Waals surface area contributed by atoms with Gasteiger partial charge in [0, 0.05) is 6.07 Å². The molecule has 0 atom stereocenters. The van der Waals surface area contributed by atoms with Gasteiger partial charge in [-0.05, 0) is 29.3 Å². The van der Waals surface area contributed by atoms with Gasteiger partial charge in [-0.25, -0.2) is 8.42 Å². The van der Waals surface area contributed by atoms with Crippen molar-refractivity contribution < 1.29 is 13.2 Å². The number of hydrogen-bond donors (Lipinski definition) is 1. The highest BCUT2D eigenvalue weighted by Gasteiger charge is 2.15. The lowest BCUT2D eigenvalue weighted by molar-refractivity contribution is 0.398. The molecular weight excluding hydrogens is 324 g/mol. The number of methoxy groups -OCH3 is 1. The van der Waals surface area contributed by atoms with Gasteiger partial charge in [0.1, 0.15) is 5.82 Å². The number of nitrogens with zero attached hydrogens (tertiary/aromatic N) is 1. The predicted octanol–water partition coefficient (Wildman–Crippen LogP) is 3.56. The molecule has 0 aliphatic carbocycles. The normalized spacial score (nSPS) is 11.0. The van der Waals surface area contributed by atoms with E-state index in [0.717, 1.165) is 11.1 Å².